The molecular formula is C16H28ClN3O3. The van der Waals surface area contributed by atoms with Crippen LogP contribution in [0.4, 0.5) is 0 Å². The van der Waals surface area contributed by atoms with Gasteiger partial charge in [0.2, 0.25) is 5.91 Å². The molecule has 2 saturated heterocycles. The van der Waals surface area contributed by atoms with Crippen molar-refractivity contribution in [2.75, 3.05) is 39.5 Å². The number of rotatable bonds is 6. The fourth-order valence-corrected chi connectivity index (χ4v) is 3.53. The van der Waals surface area contributed by atoms with Gasteiger partial charge in [0.25, 0.3) is 0 Å². The lowest BCUT2D eigenvalue weighted by Gasteiger charge is -2.31. The zero-order chi connectivity index (χ0) is 16.0. The summed E-state index contributed by atoms with van der Waals surface area (Å²) in [5, 5.41) is 21.7. The number of nitriles is 1. The molecule has 0 bridgehead atoms. The van der Waals surface area contributed by atoms with Crippen molar-refractivity contribution in [1.82, 2.24) is 10.2 Å². The number of amides is 1. The molecule has 2 fully saturated rings. The quantitative estimate of drug-likeness (QED) is 0.748. The fraction of sp³-hybridized carbons (Fsp3) is 0.875. The highest BCUT2D eigenvalue weighted by molar-refractivity contribution is 5.86. The standard InChI is InChI=1S/C16H27N3O3.ClH/c1-2-3-13-10-19(6-7-20)11-14(13)18-15(21)16(12-17)4-8-22-9-5-16;/h13-14,20H,2-11H2,1H3,(H,18,21);1H/t13-,14-;/m0./s1. The van der Waals surface area contributed by atoms with Crippen LogP contribution in [0.2, 0.25) is 0 Å². The minimum atomic E-state index is -0.931. The number of hydrogen-bond acceptors (Lipinski definition) is 5. The summed E-state index contributed by atoms with van der Waals surface area (Å²) in [6.07, 6.45) is 3.07. The molecule has 23 heavy (non-hydrogen) atoms. The van der Waals surface area contributed by atoms with Crippen LogP contribution in [0.1, 0.15) is 32.6 Å². The van der Waals surface area contributed by atoms with Gasteiger partial charge in [0, 0.05) is 38.9 Å². The van der Waals surface area contributed by atoms with Crippen LogP contribution >= 0.6 is 12.4 Å². The van der Waals surface area contributed by atoms with Gasteiger partial charge in [-0.05, 0) is 25.2 Å². The molecule has 0 saturated carbocycles. The van der Waals surface area contributed by atoms with Crippen LogP contribution < -0.4 is 5.32 Å². The summed E-state index contributed by atoms with van der Waals surface area (Å²) >= 11 is 0. The Balaban J connectivity index is 0.00000264. The van der Waals surface area contributed by atoms with Crippen LogP contribution in [0.15, 0.2) is 0 Å². The molecule has 2 atom stereocenters. The van der Waals surface area contributed by atoms with E-state index >= 15 is 0 Å². The first-order valence-corrected chi connectivity index (χ1v) is 8.28. The molecule has 0 aromatic heterocycles. The summed E-state index contributed by atoms with van der Waals surface area (Å²) in [6.45, 7) is 5.53. The number of carbonyl (C=O) groups is 1. The van der Waals surface area contributed by atoms with E-state index < -0.39 is 5.41 Å². The lowest BCUT2D eigenvalue weighted by molar-refractivity contribution is -0.133. The third-order valence-electron chi connectivity index (χ3n) is 4.90. The SMILES string of the molecule is CCC[C@H]1CN(CCO)C[C@@H]1NC(=O)C1(C#N)CCOCC1.Cl. The van der Waals surface area contributed by atoms with Crippen molar-refractivity contribution in [3.05, 3.63) is 0 Å². The van der Waals surface area contributed by atoms with Crippen molar-refractivity contribution in [3.8, 4) is 6.07 Å². The molecule has 0 unspecified atom stereocenters. The molecule has 6 nitrogen and oxygen atoms in total. The summed E-state index contributed by atoms with van der Waals surface area (Å²) in [6, 6.07) is 2.30. The number of nitrogens with zero attached hydrogens (tertiary/aromatic N) is 2. The van der Waals surface area contributed by atoms with Crippen LogP contribution in [-0.4, -0.2) is 61.4 Å². The number of hydrogen-bond donors (Lipinski definition) is 2. The van der Waals surface area contributed by atoms with Crippen molar-refractivity contribution in [3.63, 3.8) is 0 Å². The van der Waals surface area contributed by atoms with Gasteiger partial charge in [-0.25, -0.2) is 0 Å². The van der Waals surface area contributed by atoms with E-state index in [1.807, 2.05) is 0 Å². The van der Waals surface area contributed by atoms with Crippen molar-refractivity contribution >= 4 is 18.3 Å². The van der Waals surface area contributed by atoms with Crippen molar-refractivity contribution in [1.29, 1.82) is 5.26 Å². The highest BCUT2D eigenvalue weighted by atomic mass is 35.5. The Morgan fingerprint density at radius 2 is 2.13 bits per heavy atom. The second-order valence-electron chi connectivity index (χ2n) is 6.42. The van der Waals surface area contributed by atoms with Gasteiger partial charge >= 0.3 is 0 Å². The first-order valence-electron chi connectivity index (χ1n) is 8.28. The van der Waals surface area contributed by atoms with E-state index in [1.165, 1.54) is 0 Å². The van der Waals surface area contributed by atoms with Crippen LogP contribution in [0.5, 0.6) is 0 Å². The normalized spacial score (nSPS) is 27.0. The molecule has 2 aliphatic heterocycles. The first-order chi connectivity index (χ1) is 10.6. The van der Waals surface area contributed by atoms with Gasteiger partial charge in [0.1, 0.15) is 5.41 Å². The molecule has 7 heteroatoms. The van der Waals surface area contributed by atoms with Crippen molar-refractivity contribution in [2.24, 2.45) is 11.3 Å². The molecule has 0 aromatic carbocycles. The average Bonchev–Trinajstić information content (AvgIpc) is 2.90. The van der Waals surface area contributed by atoms with Gasteiger partial charge in [0.15, 0.2) is 0 Å². The largest absolute Gasteiger partial charge is 0.395 e. The van der Waals surface area contributed by atoms with Gasteiger partial charge in [-0.15, -0.1) is 12.4 Å². The minimum Gasteiger partial charge on any atom is -0.395 e. The van der Waals surface area contributed by atoms with Crippen molar-refractivity contribution in [2.45, 2.75) is 38.6 Å². The molecule has 0 radical (unpaired) electrons. The Kier molecular flexibility index (Phi) is 8.27. The second-order valence-corrected chi connectivity index (χ2v) is 6.42. The second kappa shape index (κ2) is 9.43. The topological polar surface area (TPSA) is 85.6 Å². The zero-order valence-electron chi connectivity index (χ0n) is 13.8. The summed E-state index contributed by atoms with van der Waals surface area (Å²) in [4.78, 5) is 14.9. The molecule has 0 spiro atoms. The number of aliphatic hydroxyl groups excluding tert-OH is 1. The molecule has 1 amide bonds. The summed E-state index contributed by atoms with van der Waals surface area (Å²) in [5.41, 5.74) is -0.931. The number of aliphatic hydroxyl groups is 1. The van der Waals surface area contributed by atoms with E-state index in [0.717, 1.165) is 25.9 Å². The smallest absolute Gasteiger partial charge is 0.240 e. The predicted molar refractivity (Wildman–Crippen MR) is 89.2 cm³/mol. The predicted octanol–water partition coefficient (Wildman–Crippen LogP) is 0.938. The minimum absolute atomic E-state index is 0. The van der Waals surface area contributed by atoms with Crippen molar-refractivity contribution < 1.29 is 14.6 Å². The number of nitrogens with one attached hydrogen (secondary N) is 1. The molecule has 2 rings (SSSR count). The molecular weight excluding hydrogens is 318 g/mol. The van der Waals surface area contributed by atoms with Gasteiger partial charge < -0.3 is 15.2 Å². The molecule has 0 aromatic rings. The molecule has 2 aliphatic rings. The average molecular weight is 346 g/mol. The number of halogens is 1. The van der Waals surface area contributed by atoms with Gasteiger partial charge in [-0.1, -0.05) is 13.3 Å². The van der Waals surface area contributed by atoms with Gasteiger partial charge in [0.05, 0.1) is 12.7 Å². The lowest BCUT2D eigenvalue weighted by atomic mass is 9.80. The zero-order valence-corrected chi connectivity index (χ0v) is 14.6. The molecule has 132 valence electrons. The molecule has 2 heterocycles. The number of likely N-dealkylation sites (tertiary alicyclic amines) is 1. The summed E-state index contributed by atoms with van der Waals surface area (Å²) in [7, 11) is 0. The Hall–Kier alpha value is -0.870. The van der Waals surface area contributed by atoms with Gasteiger partial charge in [-0.2, -0.15) is 5.26 Å². The van der Waals surface area contributed by atoms with E-state index in [4.69, 9.17) is 9.84 Å². The Bertz CT molecular complexity index is 421. The van der Waals surface area contributed by atoms with E-state index in [9.17, 15) is 10.1 Å². The van der Waals surface area contributed by atoms with E-state index in [-0.39, 0.29) is 31.0 Å². The summed E-state index contributed by atoms with van der Waals surface area (Å²) < 4.78 is 5.29. The lowest BCUT2D eigenvalue weighted by Crippen LogP contribution is -2.50. The number of carbonyl (C=O) groups excluding carboxylic acids is 1. The highest BCUT2D eigenvalue weighted by Crippen LogP contribution is 2.31. The van der Waals surface area contributed by atoms with E-state index in [1.54, 1.807) is 0 Å². The Morgan fingerprint density at radius 1 is 1.43 bits per heavy atom. The van der Waals surface area contributed by atoms with Crippen LogP contribution in [0, 0.1) is 22.7 Å². The maximum absolute atomic E-state index is 12.7. The Morgan fingerprint density at radius 3 is 2.70 bits per heavy atom. The third-order valence-corrected chi connectivity index (χ3v) is 4.90. The molecule has 0 aliphatic carbocycles. The Labute approximate surface area is 144 Å². The number of ether oxygens (including phenoxy) is 1. The number of β-amino-alcohol motifs (C(OH)–C–C–N with tert-alkyl or cyclic N) is 1. The van der Waals surface area contributed by atoms with Crippen LogP contribution in [-0.2, 0) is 9.53 Å². The van der Waals surface area contributed by atoms with Crippen LogP contribution in [0.3, 0.4) is 0 Å². The maximum atomic E-state index is 12.7. The third kappa shape index (κ3) is 4.80. The van der Waals surface area contributed by atoms with Crippen LogP contribution in [0.25, 0.3) is 0 Å². The van der Waals surface area contributed by atoms with E-state index in [0.29, 0.717) is 38.5 Å². The summed E-state index contributed by atoms with van der Waals surface area (Å²) in [5.74, 6) is 0.256. The van der Waals surface area contributed by atoms with E-state index in [2.05, 4.69) is 23.2 Å². The first kappa shape index (κ1) is 20.2. The fourth-order valence-electron chi connectivity index (χ4n) is 3.53. The monoisotopic (exact) mass is 345 g/mol. The maximum Gasteiger partial charge on any atom is 0.240 e. The van der Waals surface area contributed by atoms with Gasteiger partial charge in [-0.3, -0.25) is 9.69 Å². The molecule has 2 N–H and O–H groups in total. The highest BCUT2D eigenvalue weighted by Gasteiger charge is 2.43.